The summed E-state index contributed by atoms with van der Waals surface area (Å²) in [6.45, 7) is 4.06. The van der Waals surface area contributed by atoms with Crippen molar-refractivity contribution >= 4 is 29.3 Å². The average molecular weight is 404 g/mol. The lowest BCUT2D eigenvalue weighted by molar-refractivity contribution is -0.113. The quantitative estimate of drug-likeness (QED) is 0.637. The van der Waals surface area contributed by atoms with Crippen LogP contribution in [0, 0.1) is 6.92 Å². The topological polar surface area (TPSA) is 73.9 Å². The number of esters is 1. The standard InChI is InChI=1S/C21H25NO5S/c1-5-27-21(24)15-7-6-8-17(10-15)22-20(23)13-28-12-16-11-19(26-4)18(25-3)9-14(16)2/h6-11H,5,12-13H2,1-4H3,(H,22,23). The molecular weight excluding hydrogens is 378 g/mol. The van der Waals surface area contributed by atoms with Crippen molar-refractivity contribution in [1.29, 1.82) is 0 Å². The van der Waals surface area contributed by atoms with Crippen molar-refractivity contribution in [1.82, 2.24) is 0 Å². The number of anilines is 1. The first-order valence-electron chi connectivity index (χ1n) is 8.84. The van der Waals surface area contributed by atoms with Crippen molar-refractivity contribution in [2.75, 3.05) is 31.9 Å². The van der Waals surface area contributed by atoms with Crippen LogP contribution in [-0.2, 0) is 15.3 Å². The van der Waals surface area contributed by atoms with Crippen LogP contribution in [0.15, 0.2) is 36.4 Å². The SMILES string of the molecule is CCOC(=O)c1cccc(NC(=O)CSCc2cc(OC)c(OC)cc2C)c1. The van der Waals surface area contributed by atoms with E-state index in [1.165, 1.54) is 11.8 Å². The number of methoxy groups -OCH3 is 2. The number of benzene rings is 2. The van der Waals surface area contributed by atoms with E-state index in [0.29, 0.717) is 35.1 Å². The zero-order valence-electron chi connectivity index (χ0n) is 16.5. The van der Waals surface area contributed by atoms with Gasteiger partial charge in [-0.25, -0.2) is 4.79 Å². The number of carbonyl (C=O) groups excluding carboxylic acids is 2. The van der Waals surface area contributed by atoms with Gasteiger partial charge in [0.25, 0.3) is 0 Å². The molecule has 1 N–H and O–H groups in total. The van der Waals surface area contributed by atoms with Crippen LogP contribution >= 0.6 is 11.8 Å². The Hall–Kier alpha value is -2.67. The predicted molar refractivity (Wildman–Crippen MR) is 111 cm³/mol. The number of thioether (sulfide) groups is 1. The number of hydrogen-bond acceptors (Lipinski definition) is 6. The Kier molecular flexibility index (Phi) is 8.19. The highest BCUT2D eigenvalue weighted by Crippen LogP contribution is 2.31. The Morgan fingerprint density at radius 1 is 1.07 bits per heavy atom. The van der Waals surface area contributed by atoms with E-state index in [9.17, 15) is 9.59 Å². The fourth-order valence-electron chi connectivity index (χ4n) is 2.57. The van der Waals surface area contributed by atoms with Gasteiger partial charge in [-0.1, -0.05) is 6.07 Å². The van der Waals surface area contributed by atoms with Crippen molar-refractivity contribution in [2.24, 2.45) is 0 Å². The zero-order chi connectivity index (χ0) is 20.5. The third-order valence-corrected chi connectivity index (χ3v) is 4.97. The van der Waals surface area contributed by atoms with Crippen molar-refractivity contribution in [3.63, 3.8) is 0 Å². The van der Waals surface area contributed by atoms with Crippen LogP contribution in [-0.4, -0.2) is 38.5 Å². The van der Waals surface area contributed by atoms with Crippen LogP contribution in [0.25, 0.3) is 0 Å². The largest absolute Gasteiger partial charge is 0.493 e. The van der Waals surface area contributed by atoms with Gasteiger partial charge in [-0.15, -0.1) is 11.8 Å². The molecule has 0 spiro atoms. The van der Waals surface area contributed by atoms with Crippen molar-refractivity contribution in [2.45, 2.75) is 19.6 Å². The fourth-order valence-corrected chi connectivity index (χ4v) is 3.46. The van der Waals surface area contributed by atoms with Crippen LogP contribution in [0.2, 0.25) is 0 Å². The van der Waals surface area contributed by atoms with Crippen LogP contribution in [0.1, 0.15) is 28.4 Å². The molecule has 0 bridgehead atoms. The summed E-state index contributed by atoms with van der Waals surface area (Å²) in [5.74, 6) is 1.78. The molecule has 0 heterocycles. The summed E-state index contributed by atoms with van der Waals surface area (Å²) in [5, 5.41) is 2.81. The zero-order valence-corrected chi connectivity index (χ0v) is 17.4. The molecule has 0 aliphatic heterocycles. The number of hydrogen-bond donors (Lipinski definition) is 1. The number of aryl methyl sites for hydroxylation is 1. The van der Waals surface area contributed by atoms with Gasteiger partial charge in [0.2, 0.25) is 5.91 Å². The highest BCUT2D eigenvalue weighted by Gasteiger charge is 2.11. The Bertz CT molecular complexity index is 838. The normalized spacial score (nSPS) is 10.3. The third kappa shape index (κ3) is 5.92. The lowest BCUT2D eigenvalue weighted by Gasteiger charge is -2.12. The van der Waals surface area contributed by atoms with Gasteiger partial charge in [0, 0.05) is 11.4 Å². The summed E-state index contributed by atoms with van der Waals surface area (Å²) >= 11 is 1.50. The smallest absolute Gasteiger partial charge is 0.338 e. The maximum atomic E-state index is 12.2. The monoisotopic (exact) mass is 403 g/mol. The number of carbonyl (C=O) groups is 2. The van der Waals surface area contributed by atoms with Crippen LogP contribution in [0.3, 0.4) is 0 Å². The van der Waals surface area contributed by atoms with Crippen LogP contribution < -0.4 is 14.8 Å². The Balaban J connectivity index is 1.91. The Morgan fingerprint density at radius 3 is 2.46 bits per heavy atom. The molecule has 0 radical (unpaired) electrons. The second-order valence-corrected chi connectivity index (χ2v) is 6.96. The van der Waals surface area contributed by atoms with E-state index >= 15 is 0 Å². The molecule has 0 atom stereocenters. The molecule has 2 aromatic carbocycles. The molecule has 6 nitrogen and oxygen atoms in total. The predicted octanol–water partition coefficient (Wildman–Crippen LogP) is 4.06. The van der Waals surface area contributed by atoms with Crippen molar-refractivity contribution in [3.8, 4) is 11.5 Å². The van der Waals surface area contributed by atoms with E-state index in [-0.39, 0.29) is 11.7 Å². The summed E-state index contributed by atoms with van der Waals surface area (Å²) < 4.78 is 15.6. The molecule has 28 heavy (non-hydrogen) atoms. The van der Waals surface area contributed by atoms with Crippen LogP contribution in [0.5, 0.6) is 11.5 Å². The fraction of sp³-hybridized carbons (Fsp3) is 0.333. The molecule has 0 aliphatic carbocycles. The van der Waals surface area contributed by atoms with Gasteiger partial charge in [-0.2, -0.15) is 0 Å². The molecule has 2 aromatic rings. The number of amides is 1. The van der Waals surface area contributed by atoms with Crippen LogP contribution in [0.4, 0.5) is 5.69 Å². The van der Waals surface area contributed by atoms with Gasteiger partial charge >= 0.3 is 5.97 Å². The van der Waals surface area contributed by atoms with E-state index in [2.05, 4.69) is 5.32 Å². The summed E-state index contributed by atoms with van der Waals surface area (Å²) in [5.41, 5.74) is 3.14. The first-order valence-corrected chi connectivity index (χ1v) is 10.00. The van der Waals surface area contributed by atoms with E-state index < -0.39 is 5.97 Å². The molecule has 150 valence electrons. The lowest BCUT2D eigenvalue weighted by atomic mass is 10.1. The van der Waals surface area contributed by atoms with E-state index in [4.69, 9.17) is 14.2 Å². The maximum Gasteiger partial charge on any atom is 0.338 e. The van der Waals surface area contributed by atoms with Gasteiger partial charge in [-0.05, 0) is 55.3 Å². The third-order valence-electron chi connectivity index (χ3n) is 3.99. The molecule has 0 aliphatic rings. The molecule has 0 saturated carbocycles. The van der Waals surface area contributed by atoms with Gasteiger partial charge in [0.05, 0.1) is 32.1 Å². The maximum absolute atomic E-state index is 12.2. The van der Waals surface area contributed by atoms with E-state index in [0.717, 1.165) is 11.1 Å². The van der Waals surface area contributed by atoms with Gasteiger partial charge in [-0.3, -0.25) is 4.79 Å². The minimum absolute atomic E-state index is 0.135. The summed E-state index contributed by atoms with van der Waals surface area (Å²) in [7, 11) is 3.20. The first kappa shape index (κ1) is 21.6. The molecule has 0 fully saturated rings. The number of ether oxygens (including phenoxy) is 3. The molecule has 0 unspecified atom stereocenters. The second-order valence-electron chi connectivity index (χ2n) is 5.98. The highest BCUT2D eigenvalue weighted by atomic mass is 32.2. The van der Waals surface area contributed by atoms with Gasteiger partial charge < -0.3 is 19.5 Å². The summed E-state index contributed by atoms with van der Waals surface area (Å²) in [6, 6.07) is 10.6. The molecule has 7 heteroatoms. The Labute approximate surface area is 169 Å². The molecule has 2 rings (SSSR count). The number of rotatable bonds is 9. The molecule has 0 saturated heterocycles. The summed E-state index contributed by atoms with van der Waals surface area (Å²) in [6.07, 6.45) is 0. The first-order chi connectivity index (χ1) is 13.5. The molecular formula is C21H25NO5S. The van der Waals surface area contributed by atoms with Crippen molar-refractivity contribution < 1.29 is 23.8 Å². The minimum atomic E-state index is -0.406. The number of nitrogens with one attached hydrogen (secondary N) is 1. The lowest BCUT2D eigenvalue weighted by Crippen LogP contribution is -2.15. The van der Waals surface area contributed by atoms with Crippen molar-refractivity contribution in [3.05, 3.63) is 53.1 Å². The second kappa shape index (κ2) is 10.6. The van der Waals surface area contributed by atoms with Gasteiger partial charge in [0.15, 0.2) is 11.5 Å². The van der Waals surface area contributed by atoms with E-state index in [1.54, 1.807) is 45.4 Å². The van der Waals surface area contributed by atoms with Gasteiger partial charge in [0.1, 0.15) is 0 Å². The Morgan fingerprint density at radius 2 is 1.79 bits per heavy atom. The molecule has 1 amide bonds. The summed E-state index contributed by atoms with van der Waals surface area (Å²) in [4.78, 5) is 24.0. The minimum Gasteiger partial charge on any atom is -0.493 e. The van der Waals surface area contributed by atoms with E-state index in [1.807, 2.05) is 19.1 Å². The highest BCUT2D eigenvalue weighted by molar-refractivity contribution is 7.99. The average Bonchev–Trinajstić information content (AvgIpc) is 2.69. The molecule has 0 aromatic heterocycles.